The van der Waals surface area contributed by atoms with Crippen LogP contribution in [-0.4, -0.2) is 14.1 Å². The first-order valence-corrected chi connectivity index (χ1v) is 10.5. The molecule has 0 aromatic heterocycles. The fourth-order valence-electron chi connectivity index (χ4n) is 4.24. The van der Waals surface area contributed by atoms with Crippen molar-refractivity contribution in [1.29, 1.82) is 0 Å². The highest BCUT2D eigenvalue weighted by atomic mass is 32.2. The lowest BCUT2D eigenvalue weighted by atomic mass is 9.86. The quantitative estimate of drug-likeness (QED) is 0.616. The van der Waals surface area contributed by atoms with Crippen LogP contribution in [0.15, 0.2) is 34.3 Å². The molecule has 1 aromatic rings. The number of sulfonamides is 1. The molecular weight excluding hydrogens is 320 g/mol. The fraction of sp³-hybridized carbons (Fsp3) is 0.632. The van der Waals surface area contributed by atoms with E-state index in [1.165, 1.54) is 25.7 Å². The molecule has 2 bridgehead atoms. The topological polar surface area (TPSA) is 58.5 Å². The van der Waals surface area contributed by atoms with Gasteiger partial charge < -0.3 is 0 Å². The summed E-state index contributed by atoms with van der Waals surface area (Å²) < 4.78 is 24.9. The maximum absolute atomic E-state index is 12.4. The summed E-state index contributed by atoms with van der Waals surface area (Å²) in [4.78, 5) is 2.71. The van der Waals surface area contributed by atoms with E-state index >= 15 is 0 Å². The summed E-state index contributed by atoms with van der Waals surface area (Å²) >= 11 is 0. The minimum atomic E-state index is -3.58. The standard InChI is InChI=1S/C19H28N2O2S/c1-4-13(2)16-7-9-18(10-8-16)24(22,23)21-20-14(3)19-12-15-5-6-17(19)11-15/h7-10,13,15,17,19,21H,4-6,11-12H2,1-3H3/b20-14-/t13-,15+,17+,19-/m0/s1. The van der Waals surface area contributed by atoms with Gasteiger partial charge in [0.1, 0.15) is 0 Å². The number of rotatable bonds is 6. The van der Waals surface area contributed by atoms with Crippen molar-refractivity contribution in [3.8, 4) is 0 Å². The van der Waals surface area contributed by atoms with Gasteiger partial charge in [0.05, 0.1) is 4.90 Å². The summed E-state index contributed by atoms with van der Waals surface area (Å²) in [5.74, 6) is 2.43. The van der Waals surface area contributed by atoms with Crippen LogP contribution in [0.4, 0.5) is 0 Å². The third kappa shape index (κ3) is 3.51. The van der Waals surface area contributed by atoms with Gasteiger partial charge in [-0.1, -0.05) is 32.4 Å². The zero-order valence-electron chi connectivity index (χ0n) is 14.8. The maximum Gasteiger partial charge on any atom is 0.276 e. The Labute approximate surface area is 145 Å². The van der Waals surface area contributed by atoms with E-state index in [9.17, 15) is 8.42 Å². The minimum absolute atomic E-state index is 0.277. The van der Waals surface area contributed by atoms with Gasteiger partial charge in [-0.05, 0) is 68.1 Å². The molecule has 1 aromatic carbocycles. The van der Waals surface area contributed by atoms with Crippen molar-refractivity contribution in [1.82, 2.24) is 4.83 Å². The van der Waals surface area contributed by atoms with E-state index in [2.05, 4.69) is 23.8 Å². The van der Waals surface area contributed by atoms with Crippen molar-refractivity contribution >= 4 is 15.7 Å². The summed E-state index contributed by atoms with van der Waals surface area (Å²) in [7, 11) is -3.58. The van der Waals surface area contributed by atoms with Crippen LogP contribution in [0, 0.1) is 17.8 Å². The molecular formula is C19H28N2O2S. The Kier molecular flexibility index (Phi) is 5.00. The molecule has 2 fully saturated rings. The van der Waals surface area contributed by atoms with Crippen LogP contribution in [0.2, 0.25) is 0 Å². The lowest BCUT2D eigenvalue weighted by Gasteiger charge is -2.21. The van der Waals surface area contributed by atoms with Gasteiger partial charge in [0, 0.05) is 11.6 Å². The molecule has 0 spiro atoms. The molecule has 2 saturated carbocycles. The van der Waals surface area contributed by atoms with Gasteiger partial charge in [0.25, 0.3) is 10.0 Å². The summed E-state index contributed by atoms with van der Waals surface area (Å²) in [6, 6.07) is 7.14. The van der Waals surface area contributed by atoms with Crippen LogP contribution < -0.4 is 4.83 Å². The molecule has 24 heavy (non-hydrogen) atoms. The largest absolute Gasteiger partial charge is 0.276 e. The smallest absolute Gasteiger partial charge is 0.200 e. The zero-order valence-corrected chi connectivity index (χ0v) is 15.6. The predicted molar refractivity (Wildman–Crippen MR) is 97.5 cm³/mol. The Balaban J connectivity index is 1.68. The third-order valence-corrected chi connectivity index (χ3v) is 7.21. The normalized spacial score (nSPS) is 28.1. The zero-order chi connectivity index (χ0) is 17.3. The van der Waals surface area contributed by atoms with Crippen molar-refractivity contribution < 1.29 is 8.42 Å². The summed E-state index contributed by atoms with van der Waals surface area (Å²) in [6.07, 6.45) is 6.11. The fourth-order valence-corrected chi connectivity index (χ4v) is 5.10. The molecule has 3 rings (SSSR count). The molecule has 0 aliphatic heterocycles. The van der Waals surface area contributed by atoms with E-state index in [0.29, 0.717) is 17.8 Å². The van der Waals surface area contributed by atoms with Gasteiger partial charge in [-0.15, -0.1) is 0 Å². The summed E-state index contributed by atoms with van der Waals surface area (Å²) in [5, 5.41) is 4.23. The highest BCUT2D eigenvalue weighted by Crippen LogP contribution is 2.48. The van der Waals surface area contributed by atoms with E-state index in [0.717, 1.165) is 23.6 Å². The van der Waals surface area contributed by atoms with Crippen molar-refractivity contribution in [2.75, 3.05) is 0 Å². The van der Waals surface area contributed by atoms with Crippen molar-refractivity contribution in [3.63, 3.8) is 0 Å². The molecule has 4 nitrogen and oxygen atoms in total. The van der Waals surface area contributed by atoms with Crippen LogP contribution in [0.5, 0.6) is 0 Å². The Hall–Kier alpha value is -1.36. The van der Waals surface area contributed by atoms with E-state index in [-0.39, 0.29) is 4.90 Å². The first-order chi connectivity index (χ1) is 11.4. The first-order valence-electron chi connectivity index (χ1n) is 9.06. The molecule has 2 aliphatic carbocycles. The van der Waals surface area contributed by atoms with Gasteiger partial charge in [0.2, 0.25) is 0 Å². The molecule has 0 radical (unpaired) electrons. The number of hydrazone groups is 1. The van der Waals surface area contributed by atoms with Gasteiger partial charge in [-0.2, -0.15) is 13.5 Å². The van der Waals surface area contributed by atoms with E-state index in [4.69, 9.17) is 0 Å². The second-order valence-electron chi connectivity index (χ2n) is 7.51. The minimum Gasteiger partial charge on any atom is -0.200 e. The highest BCUT2D eigenvalue weighted by Gasteiger charge is 2.40. The second kappa shape index (κ2) is 6.87. The summed E-state index contributed by atoms with van der Waals surface area (Å²) in [6.45, 7) is 6.23. The van der Waals surface area contributed by atoms with E-state index in [1.807, 2.05) is 19.1 Å². The molecule has 132 valence electrons. The molecule has 0 unspecified atom stereocenters. The third-order valence-electron chi connectivity index (χ3n) is 5.99. The van der Waals surface area contributed by atoms with Gasteiger partial charge in [-0.25, -0.2) is 4.83 Å². The number of fused-ring (bicyclic) bond motifs is 2. The second-order valence-corrected chi connectivity index (χ2v) is 9.17. The Morgan fingerprint density at radius 1 is 1.25 bits per heavy atom. The molecule has 0 saturated heterocycles. The maximum atomic E-state index is 12.4. The average Bonchev–Trinajstić information content (AvgIpc) is 3.22. The Morgan fingerprint density at radius 2 is 1.96 bits per heavy atom. The molecule has 5 heteroatoms. The number of nitrogens with zero attached hydrogens (tertiary/aromatic N) is 1. The molecule has 0 amide bonds. The first kappa shape index (κ1) is 17.5. The Morgan fingerprint density at radius 3 is 2.50 bits per heavy atom. The van der Waals surface area contributed by atoms with Gasteiger partial charge in [-0.3, -0.25) is 0 Å². The van der Waals surface area contributed by atoms with Crippen LogP contribution in [0.1, 0.15) is 64.4 Å². The summed E-state index contributed by atoms with van der Waals surface area (Å²) in [5.41, 5.74) is 2.10. The molecule has 4 atom stereocenters. The highest BCUT2D eigenvalue weighted by molar-refractivity contribution is 7.89. The molecule has 1 N–H and O–H groups in total. The molecule has 2 aliphatic rings. The van der Waals surface area contributed by atoms with Crippen LogP contribution in [0.3, 0.4) is 0 Å². The van der Waals surface area contributed by atoms with Crippen molar-refractivity contribution in [3.05, 3.63) is 29.8 Å². The van der Waals surface area contributed by atoms with Gasteiger partial charge in [0.15, 0.2) is 0 Å². The SMILES string of the molecule is CC[C@H](C)c1ccc(S(=O)(=O)N/N=C(/C)[C@@H]2C[C@@H]3CC[C@@H]2C3)cc1. The van der Waals surface area contributed by atoms with Crippen LogP contribution >= 0.6 is 0 Å². The number of benzene rings is 1. The van der Waals surface area contributed by atoms with E-state index in [1.54, 1.807) is 12.1 Å². The molecule has 0 heterocycles. The number of nitrogens with one attached hydrogen (secondary N) is 1. The predicted octanol–water partition coefficient (Wildman–Crippen LogP) is 4.29. The lowest BCUT2D eigenvalue weighted by molar-refractivity contribution is 0.413. The van der Waals surface area contributed by atoms with Gasteiger partial charge >= 0.3 is 0 Å². The Bertz CT molecular complexity index is 709. The lowest BCUT2D eigenvalue weighted by Crippen LogP contribution is -2.24. The average molecular weight is 349 g/mol. The number of hydrogen-bond donors (Lipinski definition) is 1. The van der Waals surface area contributed by atoms with E-state index < -0.39 is 10.0 Å². The van der Waals surface area contributed by atoms with Crippen LogP contribution in [0.25, 0.3) is 0 Å². The van der Waals surface area contributed by atoms with Crippen molar-refractivity contribution in [2.45, 2.75) is 63.7 Å². The number of hydrogen-bond acceptors (Lipinski definition) is 3. The van der Waals surface area contributed by atoms with Crippen molar-refractivity contribution in [2.24, 2.45) is 22.9 Å². The van der Waals surface area contributed by atoms with Crippen LogP contribution in [-0.2, 0) is 10.0 Å². The monoisotopic (exact) mass is 348 g/mol.